The lowest BCUT2D eigenvalue weighted by atomic mass is 9.99. The van der Waals surface area contributed by atoms with Gasteiger partial charge in [0.1, 0.15) is 0 Å². The van der Waals surface area contributed by atoms with Crippen LogP contribution in [0.1, 0.15) is 22.3 Å². The molecule has 0 saturated carbocycles. The lowest BCUT2D eigenvalue weighted by Crippen LogP contribution is -2.30. The van der Waals surface area contributed by atoms with Crippen LogP contribution in [0.5, 0.6) is 0 Å². The molecule has 2 aromatic carbocycles. The summed E-state index contributed by atoms with van der Waals surface area (Å²) in [4.78, 5) is 2.40. The Kier molecular flexibility index (Phi) is 3.73. The van der Waals surface area contributed by atoms with Crippen LogP contribution < -0.4 is 0 Å². The van der Waals surface area contributed by atoms with Crippen LogP contribution in [-0.2, 0) is 19.5 Å². The highest BCUT2D eigenvalue weighted by Gasteiger charge is 2.16. The molecule has 0 spiro atoms. The van der Waals surface area contributed by atoms with E-state index in [1.54, 1.807) is 6.07 Å². The van der Waals surface area contributed by atoms with Crippen LogP contribution >= 0.6 is 11.6 Å². The third-order valence-electron chi connectivity index (χ3n) is 3.79. The number of rotatable bonds is 2. The molecule has 1 aliphatic heterocycles. The molecule has 0 fully saturated rings. The van der Waals surface area contributed by atoms with E-state index in [-0.39, 0.29) is 0 Å². The van der Waals surface area contributed by atoms with Gasteiger partial charge in [0, 0.05) is 24.7 Å². The van der Waals surface area contributed by atoms with Crippen molar-refractivity contribution in [3.05, 3.63) is 69.7 Å². The summed E-state index contributed by atoms with van der Waals surface area (Å²) < 4.78 is 0. The molecule has 100 valence electrons. The summed E-state index contributed by atoms with van der Waals surface area (Å²) in [6.07, 6.45) is 1.09. The standard InChI is InChI=1S/C17H15ClN2/c18-17-9-13(10-19)5-6-16(17)12-20-8-7-14-3-1-2-4-15(14)11-20/h1-6,9H,7-8,11-12H2. The average Bonchev–Trinajstić information content (AvgIpc) is 2.49. The zero-order chi connectivity index (χ0) is 13.9. The van der Waals surface area contributed by atoms with Gasteiger partial charge < -0.3 is 0 Å². The van der Waals surface area contributed by atoms with E-state index in [0.717, 1.165) is 31.6 Å². The molecular weight excluding hydrogens is 268 g/mol. The largest absolute Gasteiger partial charge is 0.294 e. The summed E-state index contributed by atoms with van der Waals surface area (Å²) in [5, 5.41) is 9.55. The molecule has 0 amide bonds. The summed E-state index contributed by atoms with van der Waals surface area (Å²) in [6.45, 7) is 2.85. The first kappa shape index (κ1) is 13.2. The van der Waals surface area contributed by atoms with Gasteiger partial charge in [-0.15, -0.1) is 0 Å². The summed E-state index contributed by atoms with van der Waals surface area (Å²) in [6, 6.07) is 16.3. The summed E-state index contributed by atoms with van der Waals surface area (Å²) in [5.41, 5.74) is 4.56. The van der Waals surface area contributed by atoms with Gasteiger partial charge in [0.15, 0.2) is 0 Å². The fourth-order valence-electron chi connectivity index (χ4n) is 2.68. The number of nitrogens with zero attached hydrogens (tertiary/aromatic N) is 2. The summed E-state index contributed by atoms with van der Waals surface area (Å²) in [5.74, 6) is 0. The summed E-state index contributed by atoms with van der Waals surface area (Å²) in [7, 11) is 0. The molecule has 0 atom stereocenters. The molecule has 0 unspecified atom stereocenters. The predicted molar refractivity (Wildman–Crippen MR) is 80.4 cm³/mol. The molecule has 1 aliphatic rings. The second kappa shape index (κ2) is 5.66. The Morgan fingerprint density at radius 2 is 1.95 bits per heavy atom. The van der Waals surface area contributed by atoms with Crippen molar-refractivity contribution in [2.24, 2.45) is 0 Å². The van der Waals surface area contributed by atoms with Crippen molar-refractivity contribution < 1.29 is 0 Å². The maximum Gasteiger partial charge on any atom is 0.0992 e. The number of hydrogen-bond donors (Lipinski definition) is 0. The molecular formula is C17H15ClN2. The predicted octanol–water partition coefficient (Wildman–Crippen LogP) is 3.77. The van der Waals surface area contributed by atoms with Crippen molar-refractivity contribution in [3.63, 3.8) is 0 Å². The number of hydrogen-bond acceptors (Lipinski definition) is 2. The molecule has 1 heterocycles. The zero-order valence-electron chi connectivity index (χ0n) is 11.1. The van der Waals surface area contributed by atoms with E-state index < -0.39 is 0 Å². The maximum atomic E-state index is 8.86. The van der Waals surface area contributed by atoms with Crippen LogP contribution in [0.3, 0.4) is 0 Å². The van der Waals surface area contributed by atoms with Crippen molar-refractivity contribution in [1.82, 2.24) is 4.90 Å². The first-order valence-electron chi connectivity index (χ1n) is 6.74. The van der Waals surface area contributed by atoms with Gasteiger partial charge in [0.25, 0.3) is 0 Å². The van der Waals surface area contributed by atoms with Crippen LogP contribution in [0.15, 0.2) is 42.5 Å². The Morgan fingerprint density at radius 3 is 2.70 bits per heavy atom. The van der Waals surface area contributed by atoms with E-state index in [1.807, 2.05) is 12.1 Å². The third kappa shape index (κ3) is 2.70. The van der Waals surface area contributed by atoms with Crippen LogP contribution in [0.4, 0.5) is 0 Å². The Labute approximate surface area is 124 Å². The van der Waals surface area contributed by atoms with E-state index in [9.17, 15) is 0 Å². The number of fused-ring (bicyclic) bond motifs is 1. The van der Waals surface area contributed by atoms with Crippen molar-refractivity contribution in [2.75, 3.05) is 6.54 Å². The van der Waals surface area contributed by atoms with E-state index >= 15 is 0 Å². The third-order valence-corrected chi connectivity index (χ3v) is 4.14. The molecule has 3 heteroatoms. The van der Waals surface area contributed by atoms with Crippen LogP contribution in [0, 0.1) is 11.3 Å². The molecule has 0 radical (unpaired) electrons. The minimum absolute atomic E-state index is 0.614. The van der Waals surface area contributed by atoms with E-state index in [2.05, 4.69) is 35.2 Å². The zero-order valence-corrected chi connectivity index (χ0v) is 11.9. The van der Waals surface area contributed by atoms with Crippen molar-refractivity contribution in [2.45, 2.75) is 19.5 Å². The lowest BCUT2D eigenvalue weighted by molar-refractivity contribution is 0.245. The number of halogens is 1. The lowest BCUT2D eigenvalue weighted by Gasteiger charge is -2.29. The Morgan fingerprint density at radius 1 is 1.15 bits per heavy atom. The molecule has 2 nitrogen and oxygen atoms in total. The van der Waals surface area contributed by atoms with Gasteiger partial charge in [0.05, 0.1) is 11.6 Å². The fourth-order valence-corrected chi connectivity index (χ4v) is 2.92. The first-order chi connectivity index (χ1) is 9.76. The highest BCUT2D eigenvalue weighted by atomic mass is 35.5. The minimum Gasteiger partial charge on any atom is -0.294 e. The molecule has 0 bridgehead atoms. The van der Waals surface area contributed by atoms with E-state index in [4.69, 9.17) is 16.9 Å². The molecule has 0 aliphatic carbocycles. The normalized spacial score (nSPS) is 14.6. The van der Waals surface area contributed by atoms with Crippen LogP contribution in [0.25, 0.3) is 0 Å². The molecule has 0 N–H and O–H groups in total. The van der Waals surface area contributed by atoms with Gasteiger partial charge >= 0.3 is 0 Å². The van der Waals surface area contributed by atoms with Crippen molar-refractivity contribution in [3.8, 4) is 6.07 Å². The second-order valence-corrected chi connectivity index (χ2v) is 5.55. The second-order valence-electron chi connectivity index (χ2n) is 5.15. The molecule has 3 rings (SSSR count). The molecule has 2 aromatic rings. The summed E-state index contributed by atoms with van der Waals surface area (Å²) >= 11 is 6.25. The first-order valence-corrected chi connectivity index (χ1v) is 7.12. The Balaban J connectivity index is 1.75. The van der Waals surface area contributed by atoms with Gasteiger partial charge in [-0.2, -0.15) is 5.26 Å². The van der Waals surface area contributed by atoms with Gasteiger partial charge in [-0.3, -0.25) is 4.90 Å². The highest BCUT2D eigenvalue weighted by Crippen LogP contribution is 2.23. The van der Waals surface area contributed by atoms with E-state index in [1.165, 1.54) is 11.1 Å². The monoisotopic (exact) mass is 282 g/mol. The molecule has 0 saturated heterocycles. The van der Waals surface area contributed by atoms with E-state index in [0.29, 0.717) is 10.6 Å². The van der Waals surface area contributed by atoms with Gasteiger partial charge in [-0.25, -0.2) is 0 Å². The van der Waals surface area contributed by atoms with Crippen LogP contribution in [-0.4, -0.2) is 11.4 Å². The Hall–Kier alpha value is -1.82. The minimum atomic E-state index is 0.614. The smallest absolute Gasteiger partial charge is 0.0992 e. The highest BCUT2D eigenvalue weighted by molar-refractivity contribution is 6.31. The average molecular weight is 283 g/mol. The van der Waals surface area contributed by atoms with Crippen molar-refractivity contribution >= 4 is 11.6 Å². The van der Waals surface area contributed by atoms with Gasteiger partial charge in [-0.1, -0.05) is 41.9 Å². The topological polar surface area (TPSA) is 27.0 Å². The van der Waals surface area contributed by atoms with Crippen LogP contribution in [0.2, 0.25) is 5.02 Å². The molecule has 0 aromatic heterocycles. The Bertz CT molecular complexity index is 673. The number of nitriles is 1. The SMILES string of the molecule is N#Cc1ccc(CN2CCc3ccccc3C2)c(Cl)c1. The van der Waals surface area contributed by atoms with Crippen molar-refractivity contribution in [1.29, 1.82) is 5.26 Å². The number of benzene rings is 2. The van der Waals surface area contributed by atoms with Gasteiger partial charge in [-0.05, 0) is 35.2 Å². The maximum absolute atomic E-state index is 8.86. The fraction of sp³-hybridized carbons (Fsp3) is 0.235. The van der Waals surface area contributed by atoms with Gasteiger partial charge in [0.2, 0.25) is 0 Å². The quantitative estimate of drug-likeness (QED) is 0.838. The molecule has 20 heavy (non-hydrogen) atoms.